The van der Waals surface area contributed by atoms with E-state index in [-0.39, 0.29) is 11.2 Å². The Hall–Kier alpha value is -0.0800. The Morgan fingerprint density at radius 1 is 0.643 bits per heavy atom. The van der Waals surface area contributed by atoms with Crippen LogP contribution in [0.5, 0.6) is 0 Å². The summed E-state index contributed by atoms with van der Waals surface area (Å²) in [7, 11) is 0. The van der Waals surface area contributed by atoms with Crippen LogP contribution in [-0.2, 0) is 9.47 Å². The highest BCUT2D eigenvalue weighted by molar-refractivity contribution is 4.57. The van der Waals surface area contributed by atoms with E-state index in [0.717, 1.165) is 13.2 Å². The molecule has 0 radical (unpaired) electrons. The van der Waals surface area contributed by atoms with Gasteiger partial charge in [0.05, 0.1) is 11.2 Å². The maximum atomic E-state index is 5.23. The summed E-state index contributed by atoms with van der Waals surface area (Å²) in [4.78, 5) is 0. The van der Waals surface area contributed by atoms with E-state index in [9.17, 15) is 0 Å². The summed E-state index contributed by atoms with van der Waals surface area (Å²) in [5.74, 6) is 0. The van der Waals surface area contributed by atoms with Gasteiger partial charge in [0.25, 0.3) is 0 Å². The quantitative estimate of drug-likeness (QED) is 0.683. The molecule has 0 spiro atoms. The van der Waals surface area contributed by atoms with Gasteiger partial charge >= 0.3 is 0 Å². The number of rotatable bonds is 2. The van der Waals surface area contributed by atoms with Crippen molar-refractivity contribution >= 4 is 0 Å². The maximum absolute atomic E-state index is 5.23. The van der Waals surface area contributed by atoms with E-state index in [1.165, 1.54) is 0 Å². The maximum Gasteiger partial charge on any atom is 0.0598 e. The summed E-state index contributed by atoms with van der Waals surface area (Å²) in [6.07, 6.45) is 0. The molecule has 0 rings (SSSR count). The van der Waals surface area contributed by atoms with Gasteiger partial charge < -0.3 is 9.47 Å². The van der Waals surface area contributed by atoms with Crippen molar-refractivity contribution in [2.75, 3.05) is 13.2 Å². The second-order valence-electron chi connectivity index (χ2n) is 5.09. The lowest BCUT2D eigenvalue weighted by atomic mass is 10.2. The SMILES string of the molecule is CCOC(C)(C)C.CCOC(C)(C)C. The molecular formula is C12H28O2. The molecule has 0 N–H and O–H groups in total. The van der Waals surface area contributed by atoms with Crippen LogP contribution in [0.15, 0.2) is 0 Å². The molecule has 0 aliphatic carbocycles. The third-order valence-electron chi connectivity index (χ3n) is 1.15. The van der Waals surface area contributed by atoms with Crippen LogP contribution >= 0.6 is 0 Å². The van der Waals surface area contributed by atoms with E-state index in [0.29, 0.717) is 0 Å². The van der Waals surface area contributed by atoms with Crippen LogP contribution < -0.4 is 0 Å². The predicted molar refractivity (Wildman–Crippen MR) is 62.8 cm³/mol. The molecule has 0 aromatic rings. The van der Waals surface area contributed by atoms with E-state index in [2.05, 4.69) is 41.5 Å². The van der Waals surface area contributed by atoms with Gasteiger partial charge in [0.1, 0.15) is 0 Å². The van der Waals surface area contributed by atoms with Crippen LogP contribution in [-0.4, -0.2) is 24.4 Å². The first kappa shape index (κ1) is 16.4. The zero-order chi connectivity index (χ0) is 11.8. The molecule has 0 saturated heterocycles. The number of hydrogen-bond acceptors (Lipinski definition) is 2. The lowest BCUT2D eigenvalue weighted by Crippen LogP contribution is -2.18. The fourth-order valence-electron chi connectivity index (χ4n) is 0.866. The Balaban J connectivity index is 0. The average Bonchev–Trinajstić information content (AvgIpc) is 1.81. The van der Waals surface area contributed by atoms with Crippen LogP contribution in [0.4, 0.5) is 0 Å². The van der Waals surface area contributed by atoms with Gasteiger partial charge in [-0.15, -0.1) is 0 Å². The largest absolute Gasteiger partial charge is 0.376 e. The highest BCUT2D eigenvalue weighted by Gasteiger charge is 2.06. The summed E-state index contributed by atoms with van der Waals surface area (Å²) in [6, 6.07) is 0. The van der Waals surface area contributed by atoms with Crippen LogP contribution in [0.3, 0.4) is 0 Å². The van der Waals surface area contributed by atoms with Gasteiger partial charge in [0, 0.05) is 13.2 Å². The first-order valence-electron chi connectivity index (χ1n) is 5.40. The molecule has 0 atom stereocenters. The molecule has 0 heterocycles. The number of ether oxygens (including phenoxy) is 2. The summed E-state index contributed by atoms with van der Waals surface area (Å²) in [6.45, 7) is 17.9. The normalized spacial score (nSPS) is 12.0. The van der Waals surface area contributed by atoms with Crippen LogP contribution in [0.2, 0.25) is 0 Å². The van der Waals surface area contributed by atoms with E-state index < -0.39 is 0 Å². The smallest absolute Gasteiger partial charge is 0.0598 e. The molecule has 0 aromatic carbocycles. The average molecular weight is 204 g/mol. The van der Waals surface area contributed by atoms with Gasteiger partial charge in [-0.1, -0.05) is 0 Å². The summed E-state index contributed by atoms with van der Waals surface area (Å²) >= 11 is 0. The Labute approximate surface area is 90.0 Å². The van der Waals surface area contributed by atoms with Gasteiger partial charge in [-0.05, 0) is 55.4 Å². The third-order valence-corrected chi connectivity index (χ3v) is 1.15. The van der Waals surface area contributed by atoms with Gasteiger partial charge in [0.2, 0.25) is 0 Å². The first-order valence-corrected chi connectivity index (χ1v) is 5.40. The first-order chi connectivity index (χ1) is 6.12. The number of hydrogen-bond donors (Lipinski definition) is 0. The molecule has 0 aliphatic rings. The zero-order valence-corrected chi connectivity index (χ0v) is 11.2. The second-order valence-corrected chi connectivity index (χ2v) is 5.09. The monoisotopic (exact) mass is 204 g/mol. The van der Waals surface area contributed by atoms with Crippen LogP contribution in [0.25, 0.3) is 0 Å². The summed E-state index contributed by atoms with van der Waals surface area (Å²) < 4.78 is 10.5. The van der Waals surface area contributed by atoms with Crippen molar-refractivity contribution in [3.63, 3.8) is 0 Å². The van der Waals surface area contributed by atoms with E-state index in [4.69, 9.17) is 9.47 Å². The Kier molecular flexibility index (Phi) is 8.46. The summed E-state index contributed by atoms with van der Waals surface area (Å²) in [5, 5.41) is 0. The molecule has 88 valence electrons. The van der Waals surface area contributed by atoms with Crippen LogP contribution in [0.1, 0.15) is 55.4 Å². The van der Waals surface area contributed by atoms with E-state index in [1.807, 2.05) is 13.8 Å². The molecule has 0 aromatic heterocycles. The van der Waals surface area contributed by atoms with Gasteiger partial charge in [-0.2, -0.15) is 0 Å². The molecule has 0 amide bonds. The molecule has 0 fully saturated rings. The van der Waals surface area contributed by atoms with Crippen molar-refractivity contribution < 1.29 is 9.47 Å². The van der Waals surface area contributed by atoms with Gasteiger partial charge in [-0.25, -0.2) is 0 Å². The lowest BCUT2D eigenvalue weighted by Gasteiger charge is -2.17. The molecule has 0 aliphatic heterocycles. The minimum atomic E-state index is 0.0503. The third kappa shape index (κ3) is 22.7. The Bertz CT molecular complexity index is 101. The standard InChI is InChI=1S/2C6H14O/c2*1-5-7-6(2,3)4/h2*5H2,1-4H3. The molecule has 2 heteroatoms. The van der Waals surface area contributed by atoms with Crippen LogP contribution in [0, 0.1) is 0 Å². The Morgan fingerprint density at radius 2 is 0.857 bits per heavy atom. The highest BCUT2D eigenvalue weighted by Crippen LogP contribution is 2.05. The van der Waals surface area contributed by atoms with E-state index in [1.54, 1.807) is 0 Å². The lowest BCUT2D eigenvalue weighted by molar-refractivity contribution is 0.00490. The van der Waals surface area contributed by atoms with E-state index >= 15 is 0 Å². The van der Waals surface area contributed by atoms with Crippen molar-refractivity contribution in [3.8, 4) is 0 Å². The molecular weight excluding hydrogens is 176 g/mol. The van der Waals surface area contributed by atoms with Crippen molar-refractivity contribution in [2.45, 2.75) is 66.6 Å². The zero-order valence-electron chi connectivity index (χ0n) is 11.2. The van der Waals surface area contributed by atoms with Crippen molar-refractivity contribution in [2.24, 2.45) is 0 Å². The molecule has 14 heavy (non-hydrogen) atoms. The predicted octanol–water partition coefficient (Wildman–Crippen LogP) is 3.64. The minimum absolute atomic E-state index is 0.0503. The van der Waals surface area contributed by atoms with Crippen molar-refractivity contribution in [1.82, 2.24) is 0 Å². The topological polar surface area (TPSA) is 18.5 Å². The Morgan fingerprint density at radius 3 is 0.857 bits per heavy atom. The highest BCUT2D eigenvalue weighted by atomic mass is 16.5. The van der Waals surface area contributed by atoms with Gasteiger partial charge in [0.15, 0.2) is 0 Å². The fourth-order valence-corrected chi connectivity index (χ4v) is 0.866. The molecule has 2 nitrogen and oxygen atoms in total. The van der Waals surface area contributed by atoms with Crippen molar-refractivity contribution in [3.05, 3.63) is 0 Å². The molecule has 0 unspecified atom stereocenters. The van der Waals surface area contributed by atoms with Gasteiger partial charge in [-0.3, -0.25) is 0 Å². The second kappa shape index (κ2) is 7.24. The molecule has 0 bridgehead atoms. The molecule has 0 saturated carbocycles. The minimum Gasteiger partial charge on any atom is -0.376 e. The summed E-state index contributed by atoms with van der Waals surface area (Å²) in [5.41, 5.74) is 0.101. The van der Waals surface area contributed by atoms with Crippen molar-refractivity contribution in [1.29, 1.82) is 0 Å². The fraction of sp³-hybridized carbons (Fsp3) is 1.00.